The Bertz CT molecular complexity index is 735. The average Bonchev–Trinajstić information content (AvgIpc) is 2.65. The van der Waals surface area contributed by atoms with Crippen molar-refractivity contribution in [1.82, 2.24) is 10.6 Å². The van der Waals surface area contributed by atoms with Crippen molar-refractivity contribution < 1.29 is 14.3 Å². The van der Waals surface area contributed by atoms with Crippen LogP contribution in [0.25, 0.3) is 0 Å². The SMILES string of the molecule is Cl.O=C(NCc1ccc(Oc2cccc(Cl)c2Cl)cc1)C1COCCN1. The third kappa shape index (κ3) is 5.50. The second-order valence-corrected chi connectivity index (χ2v) is 6.38. The first-order chi connectivity index (χ1) is 12.1. The van der Waals surface area contributed by atoms with E-state index in [-0.39, 0.29) is 24.4 Å². The van der Waals surface area contributed by atoms with E-state index < -0.39 is 0 Å². The number of carbonyl (C=O) groups excluding carboxylic acids is 1. The molecule has 1 atom stereocenters. The van der Waals surface area contributed by atoms with E-state index in [1.54, 1.807) is 18.2 Å². The molecule has 140 valence electrons. The monoisotopic (exact) mass is 416 g/mol. The molecule has 0 aliphatic carbocycles. The summed E-state index contributed by atoms with van der Waals surface area (Å²) in [6, 6.07) is 12.4. The molecule has 0 spiro atoms. The number of ether oxygens (including phenoxy) is 2. The number of rotatable bonds is 5. The molecule has 1 unspecified atom stereocenters. The van der Waals surface area contributed by atoms with Gasteiger partial charge in [-0.1, -0.05) is 41.4 Å². The summed E-state index contributed by atoms with van der Waals surface area (Å²) in [7, 11) is 0. The maximum absolute atomic E-state index is 12.0. The van der Waals surface area contributed by atoms with Crippen LogP contribution in [0.2, 0.25) is 10.0 Å². The van der Waals surface area contributed by atoms with Gasteiger partial charge in [0.25, 0.3) is 0 Å². The molecule has 1 aliphatic heterocycles. The highest BCUT2D eigenvalue weighted by atomic mass is 35.5. The van der Waals surface area contributed by atoms with Crippen molar-refractivity contribution in [2.24, 2.45) is 0 Å². The van der Waals surface area contributed by atoms with Crippen molar-refractivity contribution in [2.75, 3.05) is 19.8 Å². The van der Waals surface area contributed by atoms with Gasteiger partial charge in [0.15, 0.2) is 0 Å². The molecule has 26 heavy (non-hydrogen) atoms. The standard InChI is InChI=1S/C18H18Cl2N2O3.ClH/c19-14-2-1-3-16(17(14)20)25-13-6-4-12(5-7-13)10-22-18(23)15-11-24-9-8-21-15;/h1-7,15,21H,8-11H2,(H,22,23);1H. The van der Waals surface area contributed by atoms with Gasteiger partial charge in [0.1, 0.15) is 22.6 Å². The fourth-order valence-corrected chi connectivity index (χ4v) is 2.74. The Hall–Kier alpha value is -1.50. The molecule has 0 bridgehead atoms. The molecule has 2 N–H and O–H groups in total. The Labute approximate surface area is 168 Å². The first-order valence-corrected chi connectivity index (χ1v) is 8.69. The lowest BCUT2D eigenvalue weighted by Gasteiger charge is -2.22. The molecule has 1 aliphatic rings. The molecule has 2 aromatic carbocycles. The van der Waals surface area contributed by atoms with Gasteiger partial charge in [-0.2, -0.15) is 0 Å². The zero-order valence-electron chi connectivity index (χ0n) is 13.8. The van der Waals surface area contributed by atoms with E-state index >= 15 is 0 Å². The van der Waals surface area contributed by atoms with Crippen LogP contribution in [0, 0.1) is 0 Å². The Morgan fingerprint density at radius 3 is 2.69 bits per heavy atom. The zero-order valence-corrected chi connectivity index (χ0v) is 16.2. The molecule has 1 amide bonds. The van der Waals surface area contributed by atoms with Gasteiger partial charge in [-0.3, -0.25) is 4.79 Å². The van der Waals surface area contributed by atoms with Crippen molar-refractivity contribution in [1.29, 1.82) is 0 Å². The van der Waals surface area contributed by atoms with E-state index in [4.69, 9.17) is 32.7 Å². The van der Waals surface area contributed by atoms with Gasteiger partial charge in [0.2, 0.25) is 5.91 Å². The van der Waals surface area contributed by atoms with Crippen LogP contribution in [0.3, 0.4) is 0 Å². The highest BCUT2D eigenvalue weighted by Crippen LogP contribution is 2.34. The van der Waals surface area contributed by atoms with Gasteiger partial charge in [0, 0.05) is 13.1 Å². The Morgan fingerprint density at radius 2 is 2.00 bits per heavy atom. The van der Waals surface area contributed by atoms with E-state index in [9.17, 15) is 4.79 Å². The van der Waals surface area contributed by atoms with Crippen LogP contribution in [0.15, 0.2) is 42.5 Å². The normalized spacial score (nSPS) is 16.5. The lowest BCUT2D eigenvalue weighted by molar-refractivity contribution is -0.126. The minimum atomic E-state index is -0.290. The van der Waals surface area contributed by atoms with E-state index in [0.29, 0.717) is 47.8 Å². The van der Waals surface area contributed by atoms with Crippen LogP contribution >= 0.6 is 35.6 Å². The molecule has 1 heterocycles. The Balaban J connectivity index is 0.00000243. The highest BCUT2D eigenvalue weighted by Gasteiger charge is 2.20. The molecule has 8 heteroatoms. The first kappa shape index (κ1) is 20.8. The van der Waals surface area contributed by atoms with Crippen LogP contribution < -0.4 is 15.4 Å². The molecular weight excluding hydrogens is 399 g/mol. The average molecular weight is 418 g/mol. The van der Waals surface area contributed by atoms with Gasteiger partial charge in [-0.15, -0.1) is 12.4 Å². The summed E-state index contributed by atoms with van der Waals surface area (Å²) in [5, 5.41) is 6.84. The minimum absolute atomic E-state index is 0. The number of benzene rings is 2. The van der Waals surface area contributed by atoms with E-state index in [0.717, 1.165) is 5.56 Å². The fraction of sp³-hybridized carbons (Fsp3) is 0.278. The molecule has 1 saturated heterocycles. The van der Waals surface area contributed by atoms with Gasteiger partial charge in [-0.25, -0.2) is 0 Å². The number of carbonyl (C=O) groups is 1. The minimum Gasteiger partial charge on any atom is -0.456 e. The molecule has 1 fully saturated rings. The van der Waals surface area contributed by atoms with Crippen LogP contribution in [0.4, 0.5) is 0 Å². The van der Waals surface area contributed by atoms with Crippen molar-refractivity contribution in [3.63, 3.8) is 0 Å². The van der Waals surface area contributed by atoms with E-state index in [1.165, 1.54) is 0 Å². The Kier molecular flexibility index (Phi) is 8.00. The van der Waals surface area contributed by atoms with E-state index in [1.807, 2.05) is 24.3 Å². The number of morpholine rings is 1. The van der Waals surface area contributed by atoms with Crippen LogP contribution in [-0.4, -0.2) is 31.7 Å². The van der Waals surface area contributed by atoms with E-state index in [2.05, 4.69) is 10.6 Å². The molecular formula is C18H19Cl3N2O3. The molecule has 0 radical (unpaired) electrons. The summed E-state index contributed by atoms with van der Waals surface area (Å²) in [4.78, 5) is 12.0. The highest BCUT2D eigenvalue weighted by molar-refractivity contribution is 6.42. The topological polar surface area (TPSA) is 59.6 Å². The molecule has 0 saturated carbocycles. The summed E-state index contributed by atoms with van der Waals surface area (Å²) in [6.07, 6.45) is 0. The largest absolute Gasteiger partial charge is 0.456 e. The molecule has 5 nitrogen and oxygen atoms in total. The summed E-state index contributed by atoms with van der Waals surface area (Å²) < 4.78 is 11.0. The first-order valence-electron chi connectivity index (χ1n) is 7.93. The van der Waals surface area contributed by atoms with Gasteiger partial charge >= 0.3 is 0 Å². The van der Waals surface area contributed by atoms with Crippen LogP contribution in [-0.2, 0) is 16.1 Å². The quantitative estimate of drug-likeness (QED) is 0.776. The predicted molar refractivity (Wildman–Crippen MR) is 105 cm³/mol. The maximum atomic E-state index is 12.0. The summed E-state index contributed by atoms with van der Waals surface area (Å²) in [5.41, 5.74) is 0.967. The van der Waals surface area contributed by atoms with Gasteiger partial charge in [0.05, 0.1) is 18.2 Å². The van der Waals surface area contributed by atoms with Crippen molar-refractivity contribution in [2.45, 2.75) is 12.6 Å². The Morgan fingerprint density at radius 1 is 1.23 bits per heavy atom. The number of nitrogens with one attached hydrogen (secondary N) is 2. The maximum Gasteiger partial charge on any atom is 0.239 e. The molecule has 3 rings (SSSR count). The lowest BCUT2D eigenvalue weighted by Crippen LogP contribution is -2.51. The number of hydrogen-bond acceptors (Lipinski definition) is 4. The van der Waals surface area contributed by atoms with Crippen molar-refractivity contribution in [3.8, 4) is 11.5 Å². The number of hydrogen-bond donors (Lipinski definition) is 2. The van der Waals surface area contributed by atoms with Crippen molar-refractivity contribution in [3.05, 3.63) is 58.1 Å². The second kappa shape index (κ2) is 10.00. The smallest absolute Gasteiger partial charge is 0.239 e. The fourth-order valence-electron chi connectivity index (χ4n) is 2.41. The molecule has 0 aromatic heterocycles. The lowest BCUT2D eigenvalue weighted by atomic mass is 10.2. The third-order valence-corrected chi connectivity index (χ3v) is 4.57. The second-order valence-electron chi connectivity index (χ2n) is 5.60. The number of amides is 1. The zero-order chi connectivity index (χ0) is 17.6. The predicted octanol–water partition coefficient (Wildman–Crippen LogP) is 3.81. The van der Waals surface area contributed by atoms with Crippen LogP contribution in [0.5, 0.6) is 11.5 Å². The third-order valence-electron chi connectivity index (χ3n) is 3.77. The van der Waals surface area contributed by atoms with Gasteiger partial charge < -0.3 is 20.1 Å². The molecule has 2 aromatic rings. The summed E-state index contributed by atoms with van der Waals surface area (Å²) in [5.74, 6) is 1.07. The number of halogens is 3. The summed E-state index contributed by atoms with van der Waals surface area (Å²) in [6.45, 7) is 2.17. The van der Waals surface area contributed by atoms with Gasteiger partial charge in [-0.05, 0) is 29.8 Å². The van der Waals surface area contributed by atoms with Crippen LogP contribution in [0.1, 0.15) is 5.56 Å². The van der Waals surface area contributed by atoms with Crippen molar-refractivity contribution >= 4 is 41.5 Å². The summed E-state index contributed by atoms with van der Waals surface area (Å²) >= 11 is 12.1.